The van der Waals surface area contributed by atoms with E-state index >= 15 is 0 Å². The van der Waals surface area contributed by atoms with Gasteiger partial charge in [0.25, 0.3) is 0 Å². The number of aliphatic carboxylic acids is 2. The van der Waals surface area contributed by atoms with Gasteiger partial charge in [0.15, 0.2) is 0 Å². The molecule has 0 radical (unpaired) electrons. The molecule has 6 nitrogen and oxygen atoms in total. The van der Waals surface area contributed by atoms with Gasteiger partial charge < -0.3 is 21.1 Å². The molecule has 0 rings (SSSR count). The van der Waals surface area contributed by atoms with Crippen molar-refractivity contribution >= 4 is 11.9 Å². The highest BCUT2D eigenvalue weighted by atomic mass is 16.4. The molecule has 1 atom stereocenters. The van der Waals surface area contributed by atoms with E-state index in [9.17, 15) is 9.59 Å². The summed E-state index contributed by atoms with van der Waals surface area (Å²) in [6.45, 7) is 1.83. The molecule has 0 fully saturated rings. The summed E-state index contributed by atoms with van der Waals surface area (Å²) in [7, 11) is 0. The molecule has 0 aromatic carbocycles. The van der Waals surface area contributed by atoms with Crippen molar-refractivity contribution in [1.29, 1.82) is 0 Å². The highest BCUT2D eigenvalue weighted by Gasteiger charge is 1.88. The van der Waals surface area contributed by atoms with Gasteiger partial charge >= 0.3 is 11.9 Å². The lowest BCUT2D eigenvalue weighted by Crippen LogP contribution is -2.18. The summed E-state index contributed by atoms with van der Waals surface area (Å²) in [4.78, 5) is 19.1. The van der Waals surface area contributed by atoms with Crippen LogP contribution in [0.2, 0.25) is 0 Å². The zero-order valence-electron chi connectivity index (χ0n) is 7.17. The average Bonchev–Trinajstić information content (AvgIpc) is 2.02. The lowest BCUT2D eigenvalue weighted by molar-refractivity contribution is -0.134. The van der Waals surface area contributed by atoms with Crippen molar-refractivity contribution in [1.82, 2.24) is 0 Å². The predicted molar refractivity (Wildman–Crippen MR) is 45.1 cm³/mol. The van der Waals surface area contributed by atoms with Crippen molar-refractivity contribution in [3.8, 4) is 0 Å². The lowest BCUT2D eigenvalue weighted by atomic mass is 10.4. The van der Waals surface area contributed by atoms with Gasteiger partial charge in [0, 0.05) is 18.2 Å². The molecule has 0 amide bonds. The number of hydrogen-bond donors (Lipinski definition) is 4. The second kappa shape index (κ2) is 8.69. The Balaban J connectivity index is 0. The molecule has 0 aromatic heterocycles. The van der Waals surface area contributed by atoms with Crippen LogP contribution in [-0.2, 0) is 9.59 Å². The first-order valence-corrected chi connectivity index (χ1v) is 3.40. The van der Waals surface area contributed by atoms with Crippen LogP contribution >= 0.6 is 0 Å². The van der Waals surface area contributed by atoms with E-state index in [1.807, 2.05) is 0 Å². The van der Waals surface area contributed by atoms with Gasteiger partial charge in [0.1, 0.15) is 0 Å². The quantitative estimate of drug-likeness (QED) is 0.426. The van der Waals surface area contributed by atoms with E-state index in [1.165, 1.54) is 0 Å². The number of carboxylic acid groups (broad SMARTS) is 2. The van der Waals surface area contributed by atoms with E-state index in [1.54, 1.807) is 6.92 Å². The molecule has 76 valence electrons. The van der Waals surface area contributed by atoms with E-state index in [-0.39, 0.29) is 12.6 Å². The van der Waals surface area contributed by atoms with Crippen molar-refractivity contribution < 1.29 is 24.9 Å². The van der Waals surface area contributed by atoms with Crippen LogP contribution in [0.3, 0.4) is 0 Å². The van der Waals surface area contributed by atoms with Crippen LogP contribution in [0.25, 0.3) is 0 Å². The third-order valence-electron chi connectivity index (χ3n) is 0.656. The van der Waals surface area contributed by atoms with E-state index in [4.69, 9.17) is 21.1 Å². The van der Waals surface area contributed by atoms with Gasteiger partial charge in [-0.15, -0.1) is 0 Å². The second-order valence-corrected chi connectivity index (χ2v) is 2.17. The molecule has 0 bridgehead atoms. The summed E-state index contributed by atoms with van der Waals surface area (Å²) in [6.07, 6.45) is 1.12. The minimum Gasteiger partial charge on any atom is -0.478 e. The van der Waals surface area contributed by atoms with Crippen LogP contribution in [-0.4, -0.2) is 39.9 Å². The highest BCUT2D eigenvalue weighted by Crippen LogP contribution is 1.70. The molecular weight excluding hydrogens is 178 g/mol. The maximum atomic E-state index is 9.55. The Labute approximate surface area is 75.3 Å². The fraction of sp³-hybridized carbons (Fsp3) is 0.429. The Hall–Kier alpha value is -1.40. The Bertz CT molecular complexity index is 171. The summed E-state index contributed by atoms with van der Waals surface area (Å²) in [5, 5.41) is 23.6. The van der Waals surface area contributed by atoms with Crippen LogP contribution in [0.5, 0.6) is 0 Å². The molecule has 0 aliphatic carbocycles. The van der Waals surface area contributed by atoms with Crippen molar-refractivity contribution in [3.63, 3.8) is 0 Å². The third kappa shape index (κ3) is 25.0. The number of nitrogens with two attached hydrogens (primary N) is 1. The Morgan fingerprint density at radius 3 is 1.62 bits per heavy atom. The molecular formula is C7H13NO5. The lowest BCUT2D eigenvalue weighted by Gasteiger charge is -1.91. The number of hydrogen-bond acceptors (Lipinski definition) is 4. The average molecular weight is 191 g/mol. The zero-order valence-corrected chi connectivity index (χ0v) is 7.17. The fourth-order valence-corrected chi connectivity index (χ4v) is 0.143. The summed E-state index contributed by atoms with van der Waals surface area (Å²) < 4.78 is 0. The molecule has 0 unspecified atom stereocenters. The van der Waals surface area contributed by atoms with E-state index in [0.717, 1.165) is 0 Å². The topological polar surface area (TPSA) is 121 Å². The Morgan fingerprint density at radius 1 is 1.31 bits per heavy atom. The van der Waals surface area contributed by atoms with Crippen molar-refractivity contribution in [3.05, 3.63) is 12.2 Å². The minimum absolute atomic E-state index is 0.0602. The molecule has 6 heteroatoms. The van der Waals surface area contributed by atoms with Gasteiger partial charge in [-0.3, -0.25) is 0 Å². The normalized spacial score (nSPS) is 11.6. The first-order chi connectivity index (χ1) is 5.90. The van der Waals surface area contributed by atoms with Crippen LogP contribution in [0.1, 0.15) is 6.92 Å². The van der Waals surface area contributed by atoms with Crippen LogP contribution in [0, 0.1) is 0 Å². The van der Waals surface area contributed by atoms with E-state index < -0.39 is 11.9 Å². The van der Waals surface area contributed by atoms with Gasteiger partial charge in [-0.2, -0.15) is 0 Å². The first kappa shape index (κ1) is 14.1. The van der Waals surface area contributed by atoms with Crippen molar-refractivity contribution in [2.24, 2.45) is 5.73 Å². The van der Waals surface area contributed by atoms with E-state index in [2.05, 4.69) is 0 Å². The molecule has 0 heterocycles. The summed E-state index contributed by atoms with van der Waals surface area (Å²) in [5.74, 6) is -2.51. The molecule has 0 saturated carbocycles. The van der Waals surface area contributed by atoms with Gasteiger partial charge in [0.05, 0.1) is 6.61 Å². The molecule has 0 spiro atoms. The number of carboxylic acids is 2. The largest absolute Gasteiger partial charge is 0.478 e. The minimum atomic E-state index is -1.26. The SMILES string of the molecule is C[C@H](N)CO.O=C(O)C=CC(=O)O. The Kier molecular flexibility index (Phi) is 9.46. The number of aliphatic hydroxyl groups is 1. The van der Waals surface area contributed by atoms with Gasteiger partial charge in [-0.1, -0.05) is 0 Å². The number of aliphatic hydroxyl groups excluding tert-OH is 1. The summed E-state index contributed by atoms with van der Waals surface area (Å²) >= 11 is 0. The first-order valence-electron chi connectivity index (χ1n) is 3.40. The molecule has 0 saturated heterocycles. The van der Waals surface area contributed by atoms with E-state index in [0.29, 0.717) is 12.2 Å². The Morgan fingerprint density at radius 2 is 1.54 bits per heavy atom. The zero-order chi connectivity index (χ0) is 10.9. The number of carbonyl (C=O) groups is 2. The van der Waals surface area contributed by atoms with Gasteiger partial charge in [0.2, 0.25) is 0 Å². The van der Waals surface area contributed by atoms with Crippen LogP contribution in [0.4, 0.5) is 0 Å². The summed E-state index contributed by atoms with van der Waals surface area (Å²) in [6, 6.07) is -0.0602. The smallest absolute Gasteiger partial charge is 0.328 e. The predicted octanol–water partition coefficient (Wildman–Crippen LogP) is -0.962. The van der Waals surface area contributed by atoms with Gasteiger partial charge in [-0.25, -0.2) is 9.59 Å². The highest BCUT2D eigenvalue weighted by molar-refractivity contribution is 5.89. The molecule has 0 aliphatic rings. The number of rotatable bonds is 3. The third-order valence-corrected chi connectivity index (χ3v) is 0.656. The molecule has 5 N–H and O–H groups in total. The molecule has 13 heavy (non-hydrogen) atoms. The van der Waals surface area contributed by atoms with Gasteiger partial charge in [-0.05, 0) is 6.92 Å². The molecule has 0 aliphatic heterocycles. The standard InChI is InChI=1S/C4H4O4.C3H9NO/c5-3(6)1-2-4(7)8;1-3(4)2-5/h1-2H,(H,5,6)(H,7,8);3,5H,2,4H2,1H3/t;3-/m.0/s1. The maximum absolute atomic E-state index is 9.55. The maximum Gasteiger partial charge on any atom is 0.328 e. The second-order valence-electron chi connectivity index (χ2n) is 2.17. The molecule has 0 aromatic rings. The van der Waals surface area contributed by atoms with Crippen LogP contribution < -0.4 is 5.73 Å². The van der Waals surface area contributed by atoms with Crippen LogP contribution in [0.15, 0.2) is 12.2 Å². The monoisotopic (exact) mass is 191 g/mol. The fourth-order valence-electron chi connectivity index (χ4n) is 0.143. The summed E-state index contributed by atoms with van der Waals surface area (Å²) in [5.41, 5.74) is 5.04. The van der Waals surface area contributed by atoms with Crippen molar-refractivity contribution in [2.45, 2.75) is 13.0 Å². The van der Waals surface area contributed by atoms with Crippen molar-refractivity contribution in [2.75, 3.05) is 6.61 Å².